The van der Waals surface area contributed by atoms with Crippen molar-refractivity contribution < 1.29 is 13.2 Å². The minimum atomic E-state index is -4.60. The van der Waals surface area contributed by atoms with Crippen molar-refractivity contribution in [2.75, 3.05) is 7.05 Å². The molecule has 0 aromatic carbocycles. The molecule has 0 saturated carbocycles. The lowest BCUT2D eigenvalue weighted by Crippen LogP contribution is -2.53. The van der Waals surface area contributed by atoms with Crippen LogP contribution in [0.25, 0.3) is 0 Å². The summed E-state index contributed by atoms with van der Waals surface area (Å²) in [5.41, 5.74) is 4.74. The summed E-state index contributed by atoms with van der Waals surface area (Å²) in [4.78, 5) is 3.88. The molecule has 3 heterocycles. The third-order valence-electron chi connectivity index (χ3n) is 4.69. The van der Waals surface area contributed by atoms with Crippen LogP contribution in [0.3, 0.4) is 0 Å². The minimum Gasteiger partial charge on any atom is -0.374 e. The maximum Gasteiger partial charge on any atom is 0.421 e. The molecule has 29 heavy (non-hydrogen) atoms. The Morgan fingerprint density at radius 2 is 2.03 bits per heavy atom. The zero-order valence-electron chi connectivity index (χ0n) is 16.2. The van der Waals surface area contributed by atoms with Crippen LogP contribution < -0.4 is 16.4 Å². The monoisotopic (exact) mass is 431 g/mol. The molecule has 1 atom stereocenters. The molecule has 0 aliphatic carbocycles. The maximum atomic E-state index is 13.2. The first-order valence-electron chi connectivity index (χ1n) is 8.70. The van der Waals surface area contributed by atoms with Gasteiger partial charge in [-0.1, -0.05) is 11.6 Å². The first-order chi connectivity index (χ1) is 13.4. The number of hydrogen-bond acceptors (Lipinski definition) is 7. The third-order valence-corrected chi connectivity index (χ3v) is 4.97. The maximum absolute atomic E-state index is 13.2. The lowest BCUT2D eigenvalue weighted by molar-refractivity contribution is -0.0875. The molecule has 9 nitrogen and oxygen atoms in total. The number of hydrogen-bond donors (Lipinski definition) is 3. The number of nitrogens with two attached hydrogens (primary N) is 1. The summed E-state index contributed by atoms with van der Waals surface area (Å²) >= 11 is 6.30. The molecule has 0 fully saturated rings. The van der Waals surface area contributed by atoms with Crippen LogP contribution in [0.4, 0.5) is 13.2 Å². The number of aliphatic imine (C=N–C) groups is 1. The molecule has 2 aromatic rings. The Kier molecular flexibility index (Phi) is 5.11. The second kappa shape index (κ2) is 7.02. The van der Waals surface area contributed by atoms with E-state index in [4.69, 9.17) is 17.3 Å². The number of aryl methyl sites for hydroxylation is 1. The molecule has 0 amide bonds. The molecular weight excluding hydrogens is 411 g/mol. The van der Waals surface area contributed by atoms with Gasteiger partial charge >= 0.3 is 6.18 Å². The van der Waals surface area contributed by atoms with Crippen molar-refractivity contribution in [1.29, 1.82) is 0 Å². The summed E-state index contributed by atoms with van der Waals surface area (Å²) in [5, 5.41) is 17.4. The van der Waals surface area contributed by atoms with E-state index in [1.54, 1.807) is 6.33 Å². The van der Waals surface area contributed by atoms with Gasteiger partial charge in [0.1, 0.15) is 23.3 Å². The summed E-state index contributed by atoms with van der Waals surface area (Å²) < 4.78 is 42.9. The highest BCUT2D eigenvalue weighted by molar-refractivity contribution is 6.30. The van der Waals surface area contributed by atoms with Gasteiger partial charge in [0.05, 0.1) is 5.56 Å². The number of halogens is 4. The van der Waals surface area contributed by atoms with Gasteiger partial charge in [-0.3, -0.25) is 10.4 Å². The van der Waals surface area contributed by atoms with E-state index in [0.29, 0.717) is 18.6 Å². The highest BCUT2D eigenvalue weighted by Crippen LogP contribution is 2.34. The molecule has 0 radical (unpaired) electrons. The first kappa shape index (κ1) is 21.1. The van der Waals surface area contributed by atoms with Gasteiger partial charge in [-0.2, -0.15) is 18.3 Å². The quantitative estimate of drug-likeness (QED) is 0.664. The Morgan fingerprint density at radius 1 is 1.34 bits per heavy atom. The van der Waals surface area contributed by atoms with Gasteiger partial charge in [-0.25, -0.2) is 4.99 Å². The van der Waals surface area contributed by atoms with E-state index in [1.165, 1.54) is 17.9 Å². The molecule has 4 N–H and O–H groups in total. The van der Waals surface area contributed by atoms with Crippen LogP contribution in [0.5, 0.6) is 0 Å². The number of allylic oxidation sites excluding steroid dienone is 1. The Balaban J connectivity index is 2.01. The number of rotatable bonds is 5. The molecule has 3 rings (SSSR count). The summed E-state index contributed by atoms with van der Waals surface area (Å²) in [7, 11) is 1.35. The fourth-order valence-electron chi connectivity index (χ4n) is 3.03. The summed E-state index contributed by atoms with van der Waals surface area (Å²) in [6.07, 6.45) is -0.790. The number of alkyl halides is 3. The second-order valence-electron chi connectivity index (χ2n) is 6.96. The average Bonchev–Trinajstić information content (AvgIpc) is 3.27. The number of aromatic nitrogens is 5. The predicted octanol–water partition coefficient (Wildman–Crippen LogP) is 1.67. The normalized spacial score (nSPS) is 20.2. The SMILES string of the molecule is CCn1cnnc1C(C)(C)n1cc(C2(N)N=CC(C(F)(F)F)=C(NC)N2)c(Cl)n1. The fraction of sp³-hybridized carbons (Fsp3) is 0.500. The van der Waals surface area contributed by atoms with Crippen molar-refractivity contribution in [2.45, 2.75) is 44.8 Å². The Morgan fingerprint density at radius 3 is 2.62 bits per heavy atom. The van der Waals surface area contributed by atoms with Crippen LogP contribution in [0.1, 0.15) is 32.2 Å². The van der Waals surface area contributed by atoms with Crippen LogP contribution in [0.2, 0.25) is 5.15 Å². The number of nitrogens with one attached hydrogen (secondary N) is 2. The molecule has 1 aliphatic heterocycles. The van der Waals surface area contributed by atoms with Crippen LogP contribution in [0, 0.1) is 0 Å². The van der Waals surface area contributed by atoms with Crippen molar-refractivity contribution in [2.24, 2.45) is 10.7 Å². The Bertz CT molecular complexity index is 973. The molecule has 0 spiro atoms. The molecule has 158 valence electrons. The topological polar surface area (TPSA) is 111 Å². The lowest BCUT2D eigenvalue weighted by Gasteiger charge is -2.32. The first-order valence-corrected chi connectivity index (χ1v) is 9.07. The second-order valence-corrected chi connectivity index (χ2v) is 7.32. The molecule has 13 heteroatoms. The van der Waals surface area contributed by atoms with E-state index in [-0.39, 0.29) is 16.5 Å². The summed E-state index contributed by atoms with van der Waals surface area (Å²) in [6.45, 7) is 6.32. The van der Waals surface area contributed by atoms with Crippen LogP contribution in [-0.2, 0) is 17.9 Å². The van der Waals surface area contributed by atoms with Crippen LogP contribution in [0.15, 0.2) is 28.9 Å². The van der Waals surface area contributed by atoms with E-state index in [2.05, 4.69) is 30.9 Å². The molecule has 2 aromatic heterocycles. The van der Waals surface area contributed by atoms with Gasteiger partial charge in [0, 0.05) is 26.0 Å². The van der Waals surface area contributed by atoms with Crippen molar-refractivity contribution in [3.63, 3.8) is 0 Å². The fourth-order valence-corrected chi connectivity index (χ4v) is 3.30. The largest absolute Gasteiger partial charge is 0.421 e. The van der Waals surface area contributed by atoms with E-state index < -0.39 is 23.1 Å². The summed E-state index contributed by atoms with van der Waals surface area (Å²) in [6, 6.07) is 0. The average molecular weight is 432 g/mol. The van der Waals surface area contributed by atoms with E-state index in [0.717, 1.165) is 0 Å². The molecule has 1 aliphatic rings. The third kappa shape index (κ3) is 3.57. The Hall–Kier alpha value is -2.60. The standard InChI is InChI=1S/C16H21ClF3N9/c1-5-28-8-24-26-13(28)14(2,3)29-7-10(11(17)27-29)16(21)23-6-9(15(18,19)20)12(22-4)25-16/h6-8,22,25H,5,21H2,1-4H3. The highest BCUT2D eigenvalue weighted by Gasteiger charge is 2.43. The zero-order chi connectivity index (χ0) is 21.6. The molecule has 1 unspecified atom stereocenters. The molecular formula is C16H21ClF3N9. The van der Waals surface area contributed by atoms with Gasteiger partial charge in [0.25, 0.3) is 0 Å². The molecule has 0 bridgehead atoms. The van der Waals surface area contributed by atoms with Crippen molar-refractivity contribution in [1.82, 2.24) is 35.2 Å². The van der Waals surface area contributed by atoms with E-state index in [1.807, 2.05) is 25.3 Å². The van der Waals surface area contributed by atoms with E-state index >= 15 is 0 Å². The predicted molar refractivity (Wildman–Crippen MR) is 101 cm³/mol. The van der Waals surface area contributed by atoms with Crippen LogP contribution >= 0.6 is 11.6 Å². The van der Waals surface area contributed by atoms with Crippen molar-refractivity contribution >= 4 is 17.8 Å². The number of nitrogens with zero attached hydrogens (tertiary/aromatic N) is 6. The van der Waals surface area contributed by atoms with Crippen LogP contribution in [-0.4, -0.2) is 44.0 Å². The lowest BCUT2D eigenvalue weighted by atomic mass is 10.0. The minimum absolute atomic E-state index is 0.00120. The van der Waals surface area contributed by atoms with Crippen molar-refractivity contribution in [3.05, 3.63) is 40.5 Å². The Labute approximate surface area is 169 Å². The van der Waals surface area contributed by atoms with E-state index in [9.17, 15) is 13.2 Å². The highest BCUT2D eigenvalue weighted by atomic mass is 35.5. The smallest absolute Gasteiger partial charge is 0.374 e. The van der Waals surface area contributed by atoms with Gasteiger partial charge in [0.15, 0.2) is 11.0 Å². The van der Waals surface area contributed by atoms with Gasteiger partial charge in [-0.05, 0) is 20.8 Å². The van der Waals surface area contributed by atoms with Gasteiger partial charge in [0.2, 0.25) is 5.79 Å². The van der Waals surface area contributed by atoms with Gasteiger partial charge < -0.3 is 15.2 Å². The van der Waals surface area contributed by atoms with Gasteiger partial charge in [-0.15, -0.1) is 10.2 Å². The van der Waals surface area contributed by atoms with Crippen molar-refractivity contribution in [3.8, 4) is 0 Å². The molecule has 0 saturated heterocycles. The summed E-state index contributed by atoms with van der Waals surface area (Å²) in [5.74, 6) is -1.42. The zero-order valence-corrected chi connectivity index (χ0v) is 17.0.